The van der Waals surface area contributed by atoms with Crippen LogP contribution in [0.5, 0.6) is 0 Å². The molecule has 0 saturated heterocycles. The van der Waals surface area contributed by atoms with Crippen LogP contribution in [0.2, 0.25) is 0 Å². The minimum atomic E-state index is -0.101. The Labute approximate surface area is 112 Å². The molecule has 1 unspecified atom stereocenters. The van der Waals surface area contributed by atoms with Gasteiger partial charge in [0, 0.05) is 30.8 Å². The monoisotopic (exact) mass is 259 g/mol. The second-order valence-corrected chi connectivity index (χ2v) is 5.07. The first-order valence-corrected chi connectivity index (χ1v) is 6.77. The summed E-state index contributed by atoms with van der Waals surface area (Å²) in [5, 5.41) is 0. The van der Waals surface area contributed by atoms with E-state index in [4.69, 9.17) is 5.73 Å². The summed E-state index contributed by atoms with van der Waals surface area (Å²) in [5.41, 5.74) is 7.68. The molecule has 19 heavy (non-hydrogen) atoms. The molecule has 2 N–H and O–H groups in total. The van der Waals surface area contributed by atoms with E-state index in [0.717, 1.165) is 37.2 Å². The Balaban J connectivity index is 1.89. The summed E-state index contributed by atoms with van der Waals surface area (Å²) < 4.78 is 16.1. The zero-order valence-corrected chi connectivity index (χ0v) is 10.8. The molecule has 1 aliphatic heterocycles. The maximum atomic E-state index is 13.9. The summed E-state index contributed by atoms with van der Waals surface area (Å²) in [6.07, 6.45) is 4.65. The second kappa shape index (κ2) is 5.13. The number of hydrogen-bond donors (Lipinski definition) is 1. The third-order valence-electron chi connectivity index (χ3n) is 3.89. The summed E-state index contributed by atoms with van der Waals surface area (Å²) in [6.45, 7) is 1.41. The fourth-order valence-corrected chi connectivity index (χ4v) is 2.90. The van der Waals surface area contributed by atoms with Gasteiger partial charge in [-0.05, 0) is 31.0 Å². The first-order valence-electron chi connectivity index (χ1n) is 6.77. The molecule has 0 bridgehead atoms. The van der Waals surface area contributed by atoms with Gasteiger partial charge in [0.1, 0.15) is 11.6 Å². The van der Waals surface area contributed by atoms with Crippen LogP contribution in [0.1, 0.15) is 29.4 Å². The molecule has 0 saturated carbocycles. The number of fused-ring (bicyclic) bond motifs is 1. The van der Waals surface area contributed by atoms with E-state index in [2.05, 4.69) is 9.55 Å². The fraction of sp³-hybridized carbons (Fsp3) is 0.400. The lowest BCUT2D eigenvalue weighted by Gasteiger charge is -2.26. The van der Waals surface area contributed by atoms with E-state index in [1.54, 1.807) is 12.1 Å². The van der Waals surface area contributed by atoms with E-state index in [0.29, 0.717) is 6.54 Å². The number of benzene rings is 1. The Kier molecular flexibility index (Phi) is 3.34. The van der Waals surface area contributed by atoms with Gasteiger partial charge in [0.25, 0.3) is 0 Å². The van der Waals surface area contributed by atoms with Crippen molar-refractivity contribution in [2.45, 2.75) is 31.7 Å². The molecule has 1 aliphatic rings. The van der Waals surface area contributed by atoms with E-state index in [9.17, 15) is 4.39 Å². The van der Waals surface area contributed by atoms with Gasteiger partial charge in [-0.1, -0.05) is 18.2 Å². The van der Waals surface area contributed by atoms with Crippen LogP contribution in [0, 0.1) is 5.82 Å². The van der Waals surface area contributed by atoms with Crippen LogP contribution < -0.4 is 5.73 Å². The van der Waals surface area contributed by atoms with Crippen LogP contribution in [0.25, 0.3) is 0 Å². The Morgan fingerprint density at radius 3 is 3.00 bits per heavy atom. The molecule has 1 aromatic heterocycles. The van der Waals surface area contributed by atoms with Gasteiger partial charge in [0.05, 0.1) is 0 Å². The first kappa shape index (κ1) is 12.4. The Hall–Kier alpha value is -1.68. The van der Waals surface area contributed by atoms with Crippen molar-refractivity contribution < 1.29 is 4.39 Å². The van der Waals surface area contributed by atoms with Gasteiger partial charge >= 0.3 is 0 Å². The molecular weight excluding hydrogens is 241 g/mol. The molecule has 100 valence electrons. The third-order valence-corrected chi connectivity index (χ3v) is 3.89. The van der Waals surface area contributed by atoms with Crippen LogP contribution in [0.15, 0.2) is 30.5 Å². The minimum Gasteiger partial charge on any atom is -0.331 e. The molecule has 3 rings (SSSR count). The Bertz CT molecular complexity index is 577. The standard InChI is InChI=1S/C15H18FN3/c16-14-4-2-1-3-13(14)11-5-6-12-9-18-15(7-8-17)19(12)10-11/h1-4,9,11H,5-8,10,17H2. The lowest BCUT2D eigenvalue weighted by atomic mass is 9.90. The number of hydrogen-bond acceptors (Lipinski definition) is 2. The zero-order valence-electron chi connectivity index (χ0n) is 10.8. The molecule has 1 atom stereocenters. The molecule has 0 aliphatic carbocycles. The normalized spacial score (nSPS) is 18.3. The van der Waals surface area contributed by atoms with Crippen LogP contribution >= 0.6 is 0 Å². The van der Waals surface area contributed by atoms with E-state index in [1.165, 1.54) is 5.69 Å². The third kappa shape index (κ3) is 2.28. The van der Waals surface area contributed by atoms with E-state index in [1.807, 2.05) is 18.3 Å². The van der Waals surface area contributed by atoms with Crippen molar-refractivity contribution >= 4 is 0 Å². The predicted molar refractivity (Wildman–Crippen MR) is 72.4 cm³/mol. The molecule has 2 heterocycles. The number of aromatic nitrogens is 2. The van der Waals surface area contributed by atoms with Crippen LogP contribution in [0.4, 0.5) is 4.39 Å². The lowest BCUT2D eigenvalue weighted by molar-refractivity contribution is 0.436. The van der Waals surface area contributed by atoms with Crippen molar-refractivity contribution in [2.24, 2.45) is 5.73 Å². The number of halogens is 1. The average molecular weight is 259 g/mol. The van der Waals surface area contributed by atoms with E-state index >= 15 is 0 Å². The smallest absolute Gasteiger partial charge is 0.126 e. The Morgan fingerprint density at radius 2 is 2.21 bits per heavy atom. The highest BCUT2D eigenvalue weighted by atomic mass is 19.1. The van der Waals surface area contributed by atoms with Gasteiger partial charge in [0.15, 0.2) is 0 Å². The quantitative estimate of drug-likeness (QED) is 0.918. The minimum absolute atomic E-state index is 0.101. The van der Waals surface area contributed by atoms with Crippen molar-refractivity contribution in [2.75, 3.05) is 6.54 Å². The second-order valence-electron chi connectivity index (χ2n) is 5.07. The van der Waals surface area contributed by atoms with Crippen molar-refractivity contribution in [1.29, 1.82) is 0 Å². The van der Waals surface area contributed by atoms with Crippen LogP contribution in [0.3, 0.4) is 0 Å². The van der Waals surface area contributed by atoms with Gasteiger partial charge in [0.2, 0.25) is 0 Å². The molecule has 4 heteroatoms. The number of rotatable bonds is 3. The van der Waals surface area contributed by atoms with Crippen molar-refractivity contribution in [3.05, 3.63) is 53.4 Å². The highest BCUT2D eigenvalue weighted by Crippen LogP contribution is 2.31. The molecule has 0 spiro atoms. The number of aryl methyl sites for hydroxylation is 1. The fourth-order valence-electron chi connectivity index (χ4n) is 2.90. The number of nitrogens with zero attached hydrogens (tertiary/aromatic N) is 2. The summed E-state index contributed by atoms with van der Waals surface area (Å²) in [7, 11) is 0. The highest BCUT2D eigenvalue weighted by molar-refractivity contribution is 5.24. The van der Waals surface area contributed by atoms with Crippen molar-refractivity contribution in [3.8, 4) is 0 Å². The van der Waals surface area contributed by atoms with E-state index in [-0.39, 0.29) is 11.7 Å². The summed E-state index contributed by atoms with van der Waals surface area (Å²) in [5.74, 6) is 1.16. The summed E-state index contributed by atoms with van der Waals surface area (Å²) in [4.78, 5) is 4.43. The molecule has 2 aromatic rings. The topological polar surface area (TPSA) is 43.8 Å². The largest absolute Gasteiger partial charge is 0.331 e. The van der Waals surface area contributed by atoms with Crippen molar-refractivity contribution in [1.82, 2.24) is 9.55 Å². The van der Waals surface area contributed by atoms with E-state index < -0.39 is 0 Å². The maximum Gasteiger partial charge on any atom is 0.126 e. The molecule has 1 aromatic carbocycles. The maximum absolute atomic E-state index is 13.9. The van der Waals surface area contributed by atoms with Gasteiger partial charge in [-0.3, -0.25) is 0 Å². The Morgan fingerprint density at radius 1 is 1.37 bits per heavy atom. The first-order chi connectivity index (χ1) is 9.29. The van der Waals surface area contributed by atoms with Gasteiger partial charge in [-0.15, -0.1) is 0 Å². The highest BCUT2D eigenvalue weighted by Gasteiger charge is 2.24. The van der Waals surface area contributed by atoms with Gasteiger partial charge in [-0.2, -0.15) is 0 Å². The molecule has 0 amide bonds. The average Bonchev–Trinajstić information content (AvgIpc) is 2.82. The van der Waals surface area contributed by atoms with Crippen LogP contribution in [-0.4, -0.2) is 16.1 Å². The number of nitrogens with two attached hydrogens (primary N) is 1. The molecular formula is C15H18FN3. The van der Waals surface area contributed by atoms with Gasteiger partial charge < -0.3 is 10.3 Å². The molecule has 0 radical (unpaired) electrons. The predicted octanol–water partition coefficient (Wildman–Crippen LogP) is 2.25. The van der Waals surface area contributed by atoms with Gasteiger partial charge in [-0.25, -0.2) is 9.37 Å². The SMILES string of the molecule is NCCc1ncc2n1CC(c1ccccc1F)CC2. The zero-order chi connectivity index (χ0) is 13.2. The van der Waals surface area contributed by atoms with Crippen molar-refractivity contribution in [3.63, 3.8) is 0 Å². The number of imidazole rings is 1. The lowest BCUT2D eigenvalue weighted by Crippen LogP contribution is -2.22. The summed E-state index contributed by atoms with van der Waals surface area (Å²) in [6, 6.07) is 7.08. The molecule has 0 fully saturated rings. The summed E-state index contributed by atoms with van der Waals surface area (Å²) >= 11 is 0. The molecule has 3 nitrogen and oxygen atoms in total. The van der Waals surface area contributed by atoms with Crippen LogP contribution in [-0.2, 0) is 19.4 Å².